The van der Waals surface area contributed by atoms with Crippen LogP contribution in [0.15, 0.2) is 183 Å². The first-order valence-corrected chi connectivity index (χ1v) is 16.3. The number of aromatic nitrogens is 2. The van der Waals surface area contributed by atoms with Gasteiger partial charge in [-0.25, -0.2) is 0 Å². The smallest absolute Gasteiger partial charge is 0.0346 e. The van der Waals surface area contributed by atoms with Crippen LogP contribution in [0.2, 0.25) is 0 Å². The van der Waals surface area contributed by atoms with Crippen LogP contribution in [0.5, 0.6) is 0 Å². The highest BCUT2D eigenvalue weighted by atomic mass is 14.6. The minimum atomic E-state index is 1.09. The van der Waals surface area contributed by atoms with E-state index in [9.17, 15) is 0 Å². The van der Waals surface area contributed by atoms with Crippen molar-refractivity contribution in [3.8, 4) is 55.6 Å². The number of nitrogens with zero attached hydrogens (tertiary/aromatic N) is 2. The lowest BCUT2D eigenvalue weighted by Crippen LogP contribution is -1.88. The molecule has 0 unspecified atom stereocenters. The molecular weight excluding hydrogens is 581 g/mol. The predicted octanol–water partition coefficient (Wildman–Crippen LogP) is 12.3. The van der Waals surface area contributed by atoms with Crippen molar-refractivity contribution in [2.45, 2.75) is 0 Å². The molecule has 0 atom stereocenters. The van der Waals surface area contributed by atoms with E-state index < -0.39 is 0 Å². The third-order valence-corrected chi connectivity index (χ3v) is 9.39. The van der Waals surface area contributed by atoms with Crippen LogP contribution in [0.1, 0.15) is 0 Å². The fraction of sp³-hybridized carbons (Fsp3) is 0. The molecule has 2 nitrogen and oxygen atoms in total. The van der Waals surface area contributed by atoms with Crippen LogP contribution in [0.4, 0.5) is 0 Å². The Hall–Kier alpha value is -6.38. The van der Waals surface area contributed by atoms with Gasteiger partial charge in [-0.1, -0.05) is 109 Å². The molecule has 0 amide bonds. The SMILES string of the molecule is c1cncc(-c2cc(-c3cccnc3)cc(-c3cccc(-c4cccc(-c5ccc6c7ccccc7c7ccccc7c6c5)c4)c3)c2)c1. The molecule has 0 saturated carbocycles. The molecule has 0 aliphatic carbocycles. The number of fused-ring (bicyclic) bond motifs is 6. The van der Waals surface area contributed by atoms with Crippen LogP contribution in [0.3, 0.4) is 0 Å². The van der Waals surface area contributed by atoms with Crippen LogP contribution in [0, 0.1) is 0 Å². The van der Waals surface area contributed by atoms with Crippen molar-refractivity contribution in [2.24, 2.45) is 0 Å². The van der Waals surface area contributed by atoms with E-state index in [0.717, 1.165) is 33.4 Å². The van der Waals surface area contributed by atoms with Crippen molar-refractivity contribution in [1.82, 2.24) is 9.97 Å². The van der Waals surface area contributed by atoms with Gasteiger partial charge in [0.15, 0.2) is 0 Å². The average molecular weight is 611 g/mol. The van der Waals surface area contributed by atoms with Crippen molar-refractivity contribution in [3.63, 3.8) is 0 Å². The van der Waals surface area contributed by atoms with Crippen molar-refractivity contribution in [2.75, 3.05) is 0 Å². The molecule has 0 fully saturated rings. The molecule has 2 aromatic heterocycles. The summed E-state index contributed by atoms with van der Waals surface area (Å²) in [4.78, 5) is 8.77. The second-order valence-corrected chi connectivity index (χ2v) is 12.3. The molecule has 0 saturated heterocycles. The molecule has 0 aliphatic rings. The third kappa shape index (κ3) is 5.01. The Kier molecular flexibility index (Phi) is 6.84. The molecular formula is C46H30N2. The standard InChI is InChI=1S/C46H30N2/c1-2-17-43-41(15-1)42-16-3-4-18-44(42)46-28-35(19-20-45(43)46)33-11-5-9-31(23-33)32-10-6-12-34(24-32)38-25-39(36-13-7-21-47-29-36)27-40(26-38)37-14-8-22-48-30-37/h1-30H. The summed E-state index contributed by atoms with van der Waals surface area (Å²) in [6, 6.07) is 57.1. The average Bonchev–Trinajstić information content (AvgIpc) is 3.18. The maximum absolute atomic E-state index is 4.39. The van der Waals surface area contributed by atoms with Crippen LogP contribution < -0.4 is 0 Å². The van der Waals surface area contributed by atoms with Crippen LogP contribution >= 0.6 is 0 Å². The molecule has 2 heteroatoms. The Labute approximate surface area is 279 Å². The predicted molar refractivity (Wildman–Crippen MR) is 202 cm³/mol. The minimum absolute atomic E-state index is 1.09. The zero-order valence-electron chi connectivity index (χ0n) is 26.2. The summed E-state index contributed by atoms with van der Waals surface area (Å²) in [6.45, 7) is 0. The highest BCUT2D eigenvalue weighted by Crippen LogP contribution is 2.38. The van der Waals surface area contributed by atoms with Gasteiger partial charge in [-0.2, -0.15) is 0 Å². The first kappa shape index (κ1) is 27.9. The molecule has 7 aromatic carbocycles. The topological polar surface area (TPSA) is 25.8 Å². The lowest BCUT2D eigenvalue weighted by molar-refractivity contribution is 1.32. The van der Waals surface area contributed by atoms with Gasteiger partial charge in [-0.3, -0.25) is 9.97 Å². The van der Waals surface area contributed by atoms with Crippen LogP contribution in [-0.2, 0) is 0 Å². The number of rotatable bonds is 5. The Balaban J connectivity index is 1.14. The molecule has 0 bridgehead atoms. The second kappa shape index (κ2) is 11.8. The van der Waals surface area contributed by atoms with Crippen molar-refractivity contribution in [3.05, 3.63) is 183 Å². The maximum atomic E-state index is 4.39. The van der Waals surface area contributed by atoms with Crippen LogP contribution in [-0.4, -0.2) is 9.97 Å². The summed E-state index contributed by atoms with van der Waals surface area (Å²) in [7, 11) is 0. The Morgan fingerprint density at radius 3 is 1.04 bits per heavy atom. The molecule has 224 valence electrons. The van der Waals surface area contributed by atoms with Gasteiger partial charge in [0.05, 0.1) is 0 Å². The summed E-state index contributed by atoms with van der Waals surface area (Å²) in [5, 5.41) is 7.75. The van der Waals surface area contributed by atoms with E-state index in [-0.39, 0.29) is 0 Å². The lowest BCUT2D eigenvalue weighted by Gasteiger charge is -2.13. The van der Waals surface area contributed by atoms with Gasteiger partial charge in [0.1, 0.15) is 0 Å². The van der Waals surface area contributed by atoms with Crippen molar-refractivity contribution < 1.29 is 0 Å². The lowest BCUT2D eigenvalue weighted by atomic mass is 9.91. The maximum Gasteiger partial charge on any atom is 0.0346 e. The zero-order valence-corrected chi connectivity index (χ0v) is 26.2. The van der Waals surface area contributed by atoms with Crippen molar-refractivity contribution in [1.29, 1.82) is 0 Å². The Morgan fingerprint density at radius 2 is 0.583 bits per heavy atom. The summed E-state index contributed by atoms with van der Waals surface area (Å²) in [6.07, 6.45) is 7.47. The van der Waals surface area contributed by atoms with E-state index in [4.69, 9.17) is 0 Å². The zero-order chi connectivity index (χ0) is 31.9. The highest BCUT2D eigenvalue weighted by Gasteiger charge is 2.12. The van der Waals surface area contributed by atoms with E-state index in [1.165, 1.54) is 54.6 Å². The van der Waals surface area contributed by atoms with E-state index >= 15 is 0 Å². The van der Waals surface area contributed by atoms with Gasteiger partial charge in [0, 0.05) is 35.9 Å². The third-order valence-electron chi connectivity index (χ3n) is 9.39. The molecule has 0 spiro atoms. The molecule has 9 aromatic rings. The quantitative estimate of drug-likeness (QED) is 0.181. The van der Waals surface area contributed by atoms with E-state index in [2.05, 4.69) is 156 Å². The molecule has 0 aliphatic heterocycles. The first-order valence-electron chi connectivity index (χ1n) is 16.3. The van der Waals surface area contributed by atoms with Crippen molar-refractivity contribution >= 4 is 32.3 Å². The number of pyridine rings is 2. The normalized spacial score (nSPS) is 11.3. The molecule has 9 rings (SSSR count). The molecule has 48 heavy (non-hydrogen) atoms. The first-order chi connectivity index (χ1) is 23.8. The number of hydrogen-bond acceptors (Lipinski definition) is 2. The van der Waals surface area contributed by atoms with Gasteiger partial charge >= 0.3 is 0 Å². The van der Waals surface area contributed by atoms with E-state index in [0.29, 0.717) is 0 Å². The van der Waals surface area contributed by atoms with Gasteiger partial charge in [0.25, 0.3) is 0 Å². The van der Waals surface area contributed by atoms with Gasteiger partial charge < -0.3 is 0 Å². The monoisotopic (exact) mass is 610 g/mol. The minimum Gasteiger partial charge on any atom is -0.264 e. The van der Waals surface area contributed by atoms with E-state index in [1.807, 2.05) is 36.9 Å². The Bertz CT molecular complexity index is 2510. The molecule has 2 heterocycles. The number of benzene rings is 7. The van der Waals surface area contributed by atoms with Gasteiger partial charge in [-0.05, 0) is 125 Å². The molecule has 0 radical (unpaired) electrons. The summed E-state index contributed by atoms with van der Waals surface area (Å²) < 4.78 is 0. The van der Waals surface area contributed by atoms with Gasteiger partial charge in [-0.15, -0.1) is 0 Å². The fourth-order valence-corrected chi connectivity index (χ4v) is 7.04. The van der Waals surface area contributed by atoms with Gasteiger partial charge in [0.2, 0.25) is 0 Å². The number of hydrogen-bond donors (Lipinski definition) is 0. The van der Waals surface area contributed by atoms with Crippen LogP contribution in [0.25, 0.3) is 88.0 Å². The highest BCUT2D eigenvalue weighted by molar-refractivity contribution is 6.25. The largest absolute Gasteiger partial charge is 0.264 e. The Morgan fingerprint density at radius 1 is 0.229 bits per heavy atom. The summed E-state index contributed by atoms with van der Waals surface area (Å²) in [5.41, 5.74) is 11.5. The second-order valence-electron chi connectivity index (χ2n) is 12.3. The molecule has 0 N–H and O–H groups in total. The summed E-state index contributed by atoms with van der Waals surface area (Å²) in [5.74, 6) is 0. The fourth-order valence-electron chi connectivity index (χ4n) is 7.04. The van der Waals surface area contributed by atoms with E-state index in [1.54, 1.807) is 0 Å². The summed E-state index contributed by atoms with van der Waals surface area (Å²) >= 11 is 0.